The number of nitrogens with one attached hydrogen (secondary N) is 1. The van der Waals surface area contributed by atoms with Gasteiger partial charge in [-0.15, -0.1) is 0 Å². The minimum absolute atomic E-state index is 0.0540. The zero-order valence-corrected chi connectivity index (χ0v) is 9.65. The summed E-state index contributed by atoms with van der Waals surface area (Å²) < 4.78 is 37.3. The summed E-state index contributed by atoms with van der Waals surface area (Å²) in [5.74, 6) is 0.0859. The maximum absolute atomic E-state index is 12.4. The molecule has 0 aliphatic heterocycles. The van der Waals surface area contributed by atoms with Crippen molar-refractivity contribution in [3.8, 4) is 0 Å². The van der Waals surface area contributed by atoms with Gasteiger partial charge in [0, 0.05) is 13.2 Å². The van der Waals surface area contributed by atoms with Crippen molar-refractivity contribution in [2.75, 3.05) is 18.5 Å². The molecular weight excluding hydrogens is 257 g/mol. The first kappa shape index (κ1) is 14.1. The third kappa shape index (κ3) is 4.79. The van der Waals surface area contributed by atoms with Crippen molar-refractivity contribution in [2.45, 2.75) is 19.0 Å². The lowest BCUT2D eigenvalue weighted by atomic mass is 10.2. The molecule has 3 nitrogen and oxygen atoms in total. The van der Waals surface area contributed by atoms with Gasteiger partial charge in [0.05, 0.1) is 5.56 Å². The van der Waals surface area contributed by atoms with E-state index in [0.717, 1.165) is 12.1 Å². The second kappa shape index (κ2) is 6.07. The van der Waals surface area contributed by atoms with Gasteiger partial charge in [-0.1, -0.05) is 11.6 Å². The van der Waals surface area contributed by atoms with E-state index in [1.54, 1.807) is 0 Å². The minimum atomic E-state index is -4.44. The van der Waals surface area contributed by atoms with Gasteiger partial charge in [-0.25, -0.2) is 4.98 Å². The summed E-state index contributed by atoms with van der Waals surface area (Å²) in [7, 11) is 0. The number of hydrogen-bond donors (Lipinski definition) is 2. The lowest BCUT2D eigenvalue weighted by Gasteiger charge is -2.10. The Morgan fingerprint density at radius 2 is 2.00 bits per heavy atom. The largest absolute Gasteiger partial charge is 0.416 e. The smallest absolute Gasteiger partial charge is 0.396 e. The third-order valence-electron chi connectivity index (χ3n) is 2.01. The summed E-state index contributed by atoms with van der Waals surface area (Å²) >= 11 is 5.51. The Hall–Kier alpha value is -1.01. The van der Waals surface area contributed by atoms with Crippen molar-refractivity contribution in [3.63, 3.8) is 0 Å². The van der Waals surface area contributed by atoms with Gasteiger partial charge in [-0.3, -0.25) is 0 Å². The minimum Gasteiger partial charge on any atom is -0.396 e. The molecule has 0 atom stereocenters. The van der Waals surface area contributed by atoms with E-state index in [2.05, 4.69) is 10.3 Å². The van der Waals surface area contributed by atoms with E-state index in [0.29, 0.717) is 19.4 Å². The van der Waals surface area contributed by atoms with Crippen molar-refractivity contribution < 1.29 is 18.3 Å². The highest BCUT2D eigenvalue weighted by Crippen LogP contribution is 2.31. The second-order valence-corrected chi connectivity index (χ2v) is 3.81. The first-order valence-corrected chi connectivity index (χ1v) is 5.41. The van der Waals surface area contributed by atoms with Crippen LogP contribution in [0.15, 0.2) is 12.1 Å². The van der Waals surface area contributed by atoms with Crippen molar-refractivity contribution in [3.05, 3.63) is 22.8 Å². The molecule has 0 saturated heterocycles. The van der Waals surface area contributed by atoms with Crippen molar-refractivity contribution in [1.82, 2.24) is 4.98 Å². The van der Waals surface area contributed by atoms with Crippen molar-refractivity contribution in [2.24, 2.45) is 0 Å². The highest BCUT2D eigenvalue weighted by molar-refractivity contribution is 6.29. The molecule has 1 rings (SSSR count). The summed E-state index contributed by atoms with van der Waals surface area (Å²) in [6.45, 7) is 0.490. The molecule has 0 aromatic carbocycles. The molecule has 0 amide bonds. The lowest BCUT2D eigenvalue weighted by molar-refractivity contribution is -0.137. The quantitative estimate of drug-likeness (QED) is 0.637. The van der Waals surface area contributed by atoms with Crippen LogP contribution in [0.5, 0.6) is 0 Å². The van der Waals surface area contributed by atoms with E-state index in [9.17, 15) is 13.2 Å². The van der Waals surface area contributed by atoms with Gasteiger partial charge in [0.25, 0.3) is 0 Å². The summed E-state index contributed by atoms with van der Waals surface area (Å²) in [6.07, 6.45) is -3.21. The fraction of sp³-hybridized carbons (Fsp3) is 0.500. The zero-order chi connectivity index (χ0) is 12.9. The molecule has 0 saturated carbocycles. The third-order valence-corrected chi connectivity index (χ3v) is 2.21. The molecule has 0 radical (unpaired) electrons. The number of rotatable bonds is 5. The van der Waals surface area contributed by atoms with Crippen molar-refractivity contribution >= 4 is 17.4 Å². The molecule has 0 fully saturated rings. The monoisotopic (exact) mass is 268 g/mol. The van der Waals surface area contributed by atoms with Gasteiger partial charge in [0.2, 0.25) is 0 Å². The van der Waals surface area contributed by atoms with Gasteiger partial charge in [-0.05, 0) is 25.0 Å². The number of anilines is 1. The molecule has 96 valence electrons. The highest BCUT2D eigenvalue weighted by Gasteiger charge is 2.31. The number of nitrogens with zero attached hydrogens (tertiary/aromatic N) is 1. The Bertz CT molecular complexity index is 371. The van der Waals surface area contributed by atoms with Crippen LogP contribution in [0.4, 0.5) is 19.0 Å². The number of aliphatic hydroxyl groups excluding tert-OH is 1. The molecule has 7 heteroatoms. The second-order valence-electron chi connectivity index (χ2n) is 3.42. The summed E-state index contributed by atoms with van der Waals surface area (Å²) in [5.41, 5.74) is -0.831. The summed E-state index contributed by atoms with van der Waals surface area (Å²) in [4.78, 5) is 3.74. The number of aromatic nitrogens is 1. The van der Waals surface area contributed by atoms with Gasteiger partial charge in [-0.2, -0.15) is 13.2 Å². The first-order chi connectivity index (χ1) is 7.93. The van der Waals surface area contributed by atoms with Gasteiger partial charge in [0.15, 0.2) is 0 Å². The average molecular weight is 269 g/mol. The van der Waals surface area contributed by atoms with Crippen LogP contribution < -0.4 is 5.32 Å². The lowest BCUT2D eigenvalue weighted by Crippen LogP contribution is -2.09. The SMILES string of the molecule is OCCCCNc1cc(C(F)(F)F)cc(Cl)n1. The van der Waals surface area contributed by atoms with E-state index in [1.165, 1.54) is 0 Å². The van der Waals surface area contributed by atoms with Crippen LogP contribution in [0.2, 0.25) is 5.15 Å². The first-order valence-electron chi connectivity index (χ1n) is 5.03. The Morgan fingerprint density at radius 3 is 2.59 bits per heavy atom. The van der Waals surface area contributed by atoms with E-state index in [-0.39, 0.29) is 17.6 Å². The maximum Gasteiger partial charge on any atom is 0.416 e. The number of halogens is 4. The van der Waals surface area contributed by atoms with Crippen LogP contribution >= 0.6 is 11.6 Å². The standard InChI is InChI=1S/C10H12ClF3N2O/c11-8-5-7(10(12,13)14)6-9(16-8)15-3-1-2-4-17/h5-6,17H,1-4H2,(H,15,16). The molecule has 1 aromatic heterocycles. The summed E-state index contributed by atoms with van der Waals surface area (Å²) in [5, 5.41) is 11.1. The molecule has 17 heavy (non-hydrogen) atoms. The average Bonchev–Trinajstić information content (AvgIpc) is 2.22. The van der Waals surface area contributed by atoms with Crippen LogP contribution in [0.1, 0.15) is 18.4 Å². The molecule has 0 unspecified atom stereocenters. The number of alkyl halides is 3. The van der Waals surface area contributed by atoms with Gasteiger partial charge in [0.1, 0.15) is 11.0 Å². The maximum atomic E-state index is 12.4. The van der Waals surface area contributed by atoms with Crippen LogP contribution in [-0.2, 0) is 6.18 Å². The molecule has 0 spiro atoms. The van der Waals surface area contributed by atoms with Crippen LogP contribution in [0.25, 0.3) is 0 Å². The Labute approximate surface area is 102 Å². The zero-order valence-electron chi connectivity index (χ0n) is 8.89. The fourth-order valence-electron chi connectivity index (χ4n) is 1.20. The molecule has 1 heterocycles. The molecular formula is C10H12ClF3N2O. The Morgan fingerprint density at radius 1 is 1.29 bits per heavy atom. The molecule has 0 aliphatic carbocycles. The van der Waals surface area contributed by atoms with E-state index in [1.807, 2.05) is 0 Å². The van der Waals surface area contributed by atoms with E-state index >= 15 is 0 Å². The number of pyridine rings is 1. The topological polar surface area (TPSA) is 45.1 Å². The van der Waals surface area contributed by atoms with Crippen molar-refractivity contribution in [1.29, 1.82) is 0 Å². The normalized spacial score (nSPS) is 11.6. The predicted octanol–water partition coefficient (Wildman–Crippen LogP) is 2.94. The number of aliphatic hydroxyl groups is 1. The number of hydrogen-bond acceptors (Lipinski definition) is 3. The predicted molar refractivity (Wildman–Crippen MR) is 59.1 cm³/mol. The van der Waals surface area contributed by atoms with E-state index < -0.39 is 11.7 Å². The number of unbranched alkanes of at least 4 members (excludes halogenated alkanes) is 1. The van der Waals surface area contributed by atoms with E-state index in [4.69, 9.17) is 16.7 Å². The Balaban J connectivity index is 2.69. The molecule has 2 N–H and O–H groups in total. The molecule has 1 aromatic rings. The van der Waals surface area contributed by atoms with Gasteiger partial charge < -0.3 is 10.4 Å². The molecule has 0 aliphatic rings. The Kier molecular flexibility index (Phi) is 5.02. The molecule has 0 bridgehead atoms. The summed E-state index contributed by atoms with van der Waals surface area (Å²) in [6, 6.07) is 1.69. The van der Waals surface area contributed by atoms with Crippen LogP contribution in [-0.4, -0.2) is 23.2 Å². The fourth-order valence-corrected chi connectivity index (χ4v) is 1.41. The van der Waals surface area contributed by atoms with Crippen LogP contribution in [0, 0.1) is 0 Å². The van der Waals surface area contributed by atoms with Crippen LogP contribution in [0.3, 0.4) is 0 Å². The van der Waals surface area contributed by atoms with Gasteiger partial charge >= 0.3 is 6.18 Å². The highest BCUT2D eigenvalue weighted by atomic mass is 35.5.